The Morgan fingerprint density at radius 1 is 1.17 bits per heavy atom. The number of hydrogen-bond acceptors (Lipinski definition) is 7. The Labute approximate surface area is 176 Å². The predicted molar refractivity (Wildman–Crippen MR) is 110 cm³/mol. The van der Waals surface area contributed by atoms with Gasteiger partial charge >= 0.3 is 0 Å². The zero-order valence-electron chi connectivity index (χ0n) is 18.1. The van der Waals surface area contributed by atoms with Gasteiger partial charge in [0.2, 0.25) is 11.7 Å². The molecule has 0 saturated heterocycles. The molecule has 0 aliphatic carbocycles. The highest BCUT2D eigenvalue weighted by Crippen LogP contribution is 2.39. The van der Waals surface area contributed by atoms with Crippen LogP contribution in [0.15, 0.2) is 34.9 Å². The molecule has 0 unspecified atom stereocenters. The number of carbonyl (C=O) groups is 2. The van der Waals surface area contributed by atoms with Gasteiger partial charge in [0.05, 0.1) is 11.8 Å². The van der Waals surface area contributed by atoms with Crippen LogP contribution in [0.1, 0.15) is 59.3 Å². The van der Waals surface area contributed by atoms with Gasteiger partial charge in [0.1, 0.15) is 11.9 Å². The maximum Gasteiger partial charge on any atom is 0.272 e. The number of amides is 1. The highest BCUT2D eigenvalue weighted by molar-refractivity contribution is 5.90. The van der Waals surface area contributed by atoms with E-state index in [9.17, 15) is 14.7 Å². The number of ketones is 1. The molecule has 0 fully saturated rings. The summed E-state index contributed by atoms with van der Waals surface area (Å²) in [4.78, 5) is 29.4. The highest BCUT2D eigenvalue weighted by atomic mass is 16.5. The largest absolute Gasteiger partial charge is 0.382 e. The monoisotopic (exact) mass is 417 g/mol. The number of nitrogens with zero attached hydrogens (tertiary/aromatic N) is 2. The molecule has 0 saturated carbocycles. The zero-order chi connectivity index (χ0) is 22.5. The maximum absolute atomic E-state index is 13.1. The Morgan fingerprint density at radius 2 is 1.80 bits per heavy atom. The van der Waals surface area contributed by atoms with Gasteiger partial charge in [-0.1, -0.05) is 70.1 Å². The molecule has 0 radical (unpaired) electrons. The highest BCUT2D eigenvalue weighted by Gasteiger charge is 2.38. The third-order valence-corrected chi connectivity index (χ3v) is 5.12. The average molecular weight is 418 g/mol. The molecule has 1 heterocycles. The third kappa shape index (κ3) is 5.96. The van der Waals surface area contributed by atoms with Crippen LogP contribution in [0.25, 0.3) is 11.4 Å². The summed E-state index contributed by atoms with van der Waals surface area (Å²) < 4.78 is 5.50. The maximum atomic E-state index is 13.1. The van der Waals surface area contributed by atoms with E-state index in [1.807, 2.05) is 65.0 Å². The van der Waals surface area contributed by atoms with E-state index >= 15 is 0 Å². The molecule has 8 heteroatoms. The standard InChI is InChI=1S/C22H31N3O5/c1-13(2)11-15(18(27)20(28)24-29)17(26)12-16(22(3,4)5)21-23-19(25-30-21)14-9-7-6-8-10-14/h6-10,13,15-16,18,27,29H,11-12H2,1-5H3,(H,24,28)/t15-,16+,18-/m0/s1. The predicted octanol–water partition coefficient (Wildman–Crippen LogP) is 3.35. The van der Waals surface area contributed by atoms with Crippen LogP contribution in [0.2, 0.25) is 0 Å². The number of nitrogens with one attached hydrogen (secondary N) is 1. The van der Waals surface area contributed by atoms with E-state index in [2.05, 4.69) is 10.1 Å². The molecule has 0 aliphatic rings. The van der Waals surface area contributed by atoms with Crippen molar-refractivity contribution in [3.05, 3.63) is 36.2 Å². The summed E-state index contributed by atoms with van der Waals surface area (Å²) in [6, 6.07) is 9.38. The Balaban J connectivity index is 2.30. The lowest BCUT2D eigenvalue weighted by atomic mass is 9.75. The molecule has 2 rings (SSSR count). The van der Waals surface area contributed by atoms with Gasteiger partial charge < -0.3 is 9.63 Å². The van der Waals surface area contributed by atoms with Crippen molar-refractivity contribution in [3.63, 3.8) is 0 Å². The van der Waals surface area contributed by atoms with Crippen molar-refractivity contribution in [3.8, 4) is 11.4 Å². The zero-order valence-corrected chi connectivity index (χ0v) is 18.1. The number of aliphatic hydroxyl groups is 1. The van der Waals surface area contributed by atoms with E-state index < -0.39 is 23.8 Å². The molecule has 1 amide bonds. The lowest BCUT2D eigenvalue weighted by molar-refractivity contribution is -0.146. The molecule has 30 heavy (non-hydrogen) atoms. The SMILES string of the molecule is CC(C)C[C@@H](C(=O)C[C@H](c1nc(-c2ccccc2)no1)C(C)(C)C)[C@H](O)C(=O)NO. The van der Waals surface area contributed by atoms with Crippen molar-refractivity contribution in [2.24, 2.45) is 17.3 Å². The van der Waals surface area contributed by atoms with Crippen LogP contribution in [-0.4, -0.2) is 38.2 Å². The molecule has 3 N–H and O–H groups in total. The molecule has 0 bridgehead atoms. The second-order valence-electron chi connectivity index (χ2n) is 9.07. The van der Waals surface area contributed by atoms with Crippen molar-refractivity contribution in [1.29, 1.82) is 0 Å². The van der Waals surface area contributed by atoms with E-state index in [0.717, 1.165) is 5.56 Å². The van der Waals surface area contributed by atoms with Gasteiger partial charge in [-0.05, 0) is 17.8 Å². The molecular formula is C22H31N3O5. The molecule has 1 aromatic carbocycles. The minimum Gasteiger partial charge on any atom is -0.382 e. The van der Waals surface area contributed by atoms with Crippen LogP contribution in [0.4, 0.5) is 0 Å². The fourth-order valence-electron chi connectivity index (χ4n) is 3.39. The first-order valence-corrected chi connectivity index (χ1v) is 10.1. The number of rotatable bonds is 9. The lowest BCUT2D eigenvalue weighted by Crippen LogP contribution is -2.42. The number of hydrogen-bond donors (Lipinski definition) is 3. The van der Waals surface area contributed by atoms with Crippen LogP contribution in [0, 0.1) is 17.3 Å². The van der Waals surface area contributed by atoms with Crippen LogP contribution >= 0.6 is 0 Å². The average Bonchev–Trinajstić information content (AvgIpc) is 3.18. The summed E-state index contributed by atoms with van der Waals surface area (Å²) in [5.41, 5.74) is 1.85. The molecule has 3 atom stereocenters. The number of Topliss-reactive ketones (excluding diaryl/α,β-unsaturated/α-hetero) is 1. The first kappa shape index (κ1) is 23.7. The van der Waals surface area contributed by atoms with Gasteiger partial charge in [0.15, 0.2) is 0 Å². The normalized spacial score (nSPS) is 14.9. The number of carbonyl (C=O) groups excluding carboxylic acids is 2. The molecule has 2 aromatic rings. The van der Waals surface area contributed by atoms with Crippen molar-refractivity contribution >= 4 is 11.7 Å². The quantitative estimate of drug-likeness (QED) is 0.422. The molecule has 0 spiro atoms. The van der Waals surface area contributed by atoms with Crippen LogP contribution in [0.3, 0.4) is 0 Å². The number of aromatic nitrogens is 2. The Bertz CT molecular complexity index is 842. The summed E-state index contributed by atoms with van der Waals surface area (Å²) in [5, 5.41) is 23.2. The number of hydroxylamine groups is 1. The van der Waals surface area contributed by atoms with Crippen molar-refractivity contribution < 1.29 is 24.4 Å². The third-order valence-electron chi connectivity index (χ3n) is 5.12. The van der Waals surface area contributed by atoms with E-state index in [1.165, 1.54) is 5.48 Å². The minimum atomic E-state index is -1.63. The Morgan fingerprint density at radius 3 is 2.33 bits per heavy atom. The van der Waals surface area contributed by atoms with E-state index in [-0.39, 0.29) is 23.5 Å². The van der Waals surface area contributed by atoms with Crippen LogP contribution < -0.4 is 5.48 Å². The van der Waals surface area contributed by atoms with Gasteiger partial charge in [-0.25, -0.2) is 5.48 Å². The lowest BCUT2D eigenvalue weighted by Gasteiger charge is -2.29. The summed E-state index contributed by atoms with van der Waals surface area (Å²) in [7, 11) is 0. The van der Waals surface area contributed by atoms with Gasteiger partial charge in [-0.3, -0.25) is 14.8 Å². The van der Waals surface area contributed by atoms with Crippen molar-refractivity contribution in [2.75, 3.05) is 0 Å². The molecule has 0 aliphatic heterocycles. The first-order valence-electron chi connectivity index (χ1n) is 10.1. The van der Waals surface area contributed by atoms with Gasteiger partial charge in [0.25, 0.3) is 5.91 Å². The van der Waals surface area contributed by atoms with Crippen molar-refractivity contribution in [2.45, 2.75) is 59.5 Å². The van der Waals surface area contributed by atoms with E-state index in [0.29, 0.717) is 18.1 Å². The Kier molecular flexibility index (Phi) is 7.86. The molecule has 164 valence electrons. The van der Waals surface area contributed by atoms with Gasteiger partial charge in [-0.15, -0.1) is 0 Å². The summed E-state index contributed by atoms with van der Waals surface area (Å²) in [5.74, 6) is -1.80. The topological polar surface area (TPSA) is 126 Å². The first-order chi connectivity index (χ1) is 14.0. The van der Waals surface area contributed by atoms with Crippen molar-refractivity contribution in [1.82, 2.24) is 15.6 Å². The summed E-state index contributed by atoms with van der Waals surface area (Å²) in [6.45, 7) is 9.69. The fraction of sp³-hybridized carbons (Fsp3) is 0.545. The second kappa shape index (κ2) is 9.95. The number of aliphatic hydroxyl groups excluding tert-OH is 1. The smallest absolute Gasteiger partial charge is 0.272 e. The fourth-order valence-corrected chi connectivity index (χ4v) is 3.39. The van der Waals surface area contributed by atoms with Crippen LogP contribution in [0.5, 0.6) is 0 Å². The second-order valence-corrected chi connectivity index (χ2v) is 9.07. The summed E-state index contributed by atoms with van der Waals surface area (Å²) >= 11 is 0. The van der Waals surface area contributed by atoms with Gasteiger partial charge in [0, 0.05) is 12.0 Å². The van der Waals surface area contributed by atoms with Crippen LogP contribution in [-0.2, 0) is 9.59 Å². The number of benzene rings is 1. The molecule has 8 nitrogen and oxygen atoms in total. The van der Waals surface area contributed by atoms with E-state index in [4.69, 9.17) is 9.73 Å². The van der Waals surface area contributed by atoms with Gasteiger partial charge in [-0.2, -0.15) is 4.98 Å². The van der Waals surface area contributed by atoms with E-state index in [1.54, 1.807) is 0 Å². The molecule has 1 aromatic heterocycles. The minimum absolute atomic E-state index is 0.0209. The Hall–Kier alpha value is -2.58. The summed E-state index contributed by atoms with van der Waals surface area (Å²) in [6.07, 6.45) is -1.30. The molecular weight excluding hydrogens is 386 g/mol.